The van der Waals surface area contributed by atoms with E-state index in [1.807, 2.05) is 27.7 Å². The van der Waals surface area contributed by atoms with Gasteiger partial charge in [-0.25, -0.2) is 29.9 Å². The minimum absolute atomic E-state index is 0.638. The number of fused-ring (bicyclic) bond motifs is 6. The Morgan fingerprint density at radius 2 is 0.750 bits per heavy atom. The van der Waals surface area contributed by atoms with E-state index in [2.05, 4.69) is 180 Å². The van der Waals surface area contributed by atoms with Crippen LogP contribution in [0.3, 0.4) is 0 Å². The SMILES string of the molecule is Cc1ccc2c(c1)c1cc(C)ccc1n2-c1ccc(-c2nc(C)nc(C)n2)c(-c2cccc(-c3ccc(-n4c5ccc(C)cc5c5cc(C)ccc54)c(-c4nc(C)nc(C)n4)c3)c2)c1. The summed E-state index contributed by atoms with van der Waals surface area (Å²) < 4.78 is 4.74. The number of aryl methyl sites for hydroxylation is 8. The minimum atomic E-state index is 0.638. The Balaban J connectivity index is 1.13. The Morgan fingerprint density at radius 1 is 0.312 bits per heavy atom. The number of nitrogens with zero attached hydrogens (tertiary/aromatic N) is 8. The third kappa shape index (κ3) is 6.61. The average molecular weight is 831 g/mol. The Kier molecular flexibility index (Phi) is 9.10. The predicted molar refractivity (Wildman–Crippen MR) is 262 cm³/mol. The summed E-state index contributed by atoms with van der Waals surface area (Å²) in [6.07, 6.45) is 0. The van der Waals surface area contributed by atoms with Gasteiger partial charge in [-0.1, -0.05) is 70.8 Å². The molecular formula is C56H46N8. The molecule has 0 bridgehead atoms. The second-order valence-electron chi connectivity index (χ2n) is 17.3. The molecule has 64 heavy (non-hydrogen) atoms. The van der Waals surface area contributed by atoms with Crippen molar-refractivity contribution in [3.8, 4) is 56.4 Å². The normalized spacial score (nSPS) is 11.8. The van der Waals surface area contributed by atoms with Gasteiger partial charge in [-0.3, -0.25) is 0 Å². The van der Waals surface area contributed by atoms with Gasteiger partial charge in [0.05, 0.1) is 27.8 Å². The molecule has 8 heteroatoms. The molecule has 4 heterocycles. The lowest BCUT2D eigenvalue weighted by atomic mass is 9.94. The molecule has 0 N–H and O–H groups in total. The van der Waals surface area contributed by atoms with Gasteiger partial charge in [0.1, 0.15) is 23.3 Å². The smallest absolute Gasteiger partial charge is 0.165 e. The van der Waals surface area contributed by atoms with Crippen LogP contribution in [-0.4, -0.2) is 39.0 Å². The van der Waals surface area contributed by atoms with Gasteiger partial charge >= 0.3 is 0 Å². The molecule has 0 saturated heterocycles. The Labute approximate surface area is 372 Å². The van der Waals surface area contributed by atoms with Crippen LogP contribution in [0, 0.1) is 55.4 Å². The van der Waals surface area contributed by atoms with Crippen molar-refractivity contribution in [1.29, 1.82) is 0 Å². The summed E-state index contributed by atoms with van der Waals surface area (Å²) in [4.78, 5) is 28.7. The third-order valence-corrected chi connectivity index (χ3v) is 12.4. The second kappa shape index (κ2) is 14.9. The molecule has 11 aromatic rings. The Hall–Kier alpha value is -7.84. The molecule has 0 fully saturated rings. The zero-order valence-electron chi connectivity index (χ0n) is 37.3. The van der Waals surface area contributed by atoms with Crippen LogP contribution < -0.4 is 0 Å². The fourth-order valence-corrected chi connectivity index (χ4v) is 9.57. The minimum Gasteiger partial charge on any atom is -0.309 e. The molecule has 0 aliphatic rings. The van der Waals surface area contributed by atoms with Crippen molar-refractivity contribution in [2.75, 3.05) is 0 Å². The molecule has 7 aromatic carbocycles. The van der Waals surface area contributed by atoms with Crippen molar-refractivity contribution in [3.05, 3.63) is 179 Å². The van der Waals surface area contributed by atoms with Crippen LogP contribution in [0.25, 0.3) is 100 Å². The van der Waals surface area contributed by atoms with Gasteiger partial charge in [0.2, 0.25) is 0 Å². The van der Waals surface area contributed by atoms with Gasteiger partial charge in [-0.15, -0.1) is 0 Å². The summed E-state index contributed by atoms with van der Waals surface area (Å²) in [5, 5.41) is 4.92. The van der Waals surface area contributed by atoms with E-state index < -0.39 is 0 Å². The first-order valence-electron chi connectivity index (χ1n) is 21.8. The van der Waals surface area contributed by atoms with Gasteiger partial charge in [0.15, 0.2) is 11.6 Å². The van der Waals surface area contributed by atoms with E-state index in [4.69, 9.17) is 19.9 Å². The lowest BCUT2D eigenvalue weighted by Crippen LogP contribution is -2.03. The van der Waals surface area contributed by atoms with E-state index in [1.54, 1.807) is 0 Å². The van der Waals surface area contributed by atoms with Gasteiger partial charge in [-0.2, -0.15) is 0 Å². The first-order chi connectivity index (χ1) is 30.9. The van der Waals surface area contributed by atoms with Crippen LogP contribution in [-0.2, 0) is 0 Å². The number of hydrogen-bond donors (Lipinski definition) is 0. The Bertz CT molecular complexity index is 3560. The van der Waals surface area contributed by atoms with Crippen molar-refractivity contribution in [1.82, 2.24) is 39.0 Å². The summed E-state index contributed by atoms with van der Waals surface area (Å²) in [6.45, 7) is 16.3. The molecule has 310 valence electrons. The van der Waals surface area contributed by atoms with E-state index in [1.165, 1.54) is 43.8 Å². The zero-order chi connectivity index (χ0) is 44.0. The number of aromatic nitrogens is 8. The number of rotatable bonds is 6. The number of hydrogen-bond acceptors (Lipinski definition) is 6. The summed E-state index contributed by atoms with van der Waals surface area (Å²) in [5.41, 5.74) is 17.6. The van der Waals surface area contributed by atoms with E-state index in [-0.39, 0.29) is 0 Å². The molecule has 0 saturated carbocycles. The van der Waals surface area contributed by atoms with Gasteiger partial charge in [0.25, 0.3) is 0 Å². The van der Waals surface area contributed by atoms with Crippen LogP contribution in [0.15, 0.2) is 133 Å². The first kappa shape index (κ1) is 39.0. The van der Waals surface area contributed by atoms with Crippen LogP contribution in [0.2, 0.25) is 0 Å². The fraction of sp³-hybridized carbons (Fsp3) is 0.143. The summed E-state index contributed by atoms with van der Waals surface area (Å²) in [7, 11) is 0. The zero-order valence-corrected chi connectivity index (χ0v) is 37.3. The van der Waals surface area contributed by atoms with Crippen molar-refractivity contribution >= 4 is 43.6 Å². The molecule has 0 aliphatic carbocycles. The maximum atomic E-state index is 4.95. The summed E-state index contributed by atoms with van der Waals surface area (Å²) in [6, 6.07) is 49.0. The van der Waals surface area contributed by atoms with Gasteiger partial charge in [0, 0.05) is 38.4 Å². The molecule has 4 aromatic heterocycles. The van der Waals surface area contributed by atoms with E-state index in [0.717, 1.165) is 66.8 Å². The van der Waals surface area contributed by atoms with Crippen LogP contribution in [0.4, 0.5) is 0 Å². The maximum absolute atomic E-state index is 4.95. The standard InChI is InChI=1S/C56H46N8/c1-31-12-19-50-45(24-31)46-25-32(2)13-20-51(46)63(50)42-17-18-43(55-59-35(5)57-36(6)60-55)44(30-42)41-11-9-10-39(28-41)40-16-23-54(49(29-40)56-61-37(7)58-38(8)62-56)64-52-21-14-33(3)26-47(52)48-27-34(4)15-22-53(48)64/h9-30H,1-8H3. The van der Waals surface area contributed by atoms with Crippen molar-refractivity contribution in [2.45, 2.75) is 55.4 Å². The molecule has 11 rings (SSSR count). The highest BCUT2D eigenvalue weighted by atomic mass is 15.0. The van der Waals surface area contributed by atoms with E-state index >= 15 is 0 Å². The van der Waals surface area contributed by atoms with E-state index in [9.17, 15) is 0 Å². The number of benzene rings is 7. The van der Waals surface area contributed by atoms with E-state index in [0.29, 0.717) is 34.9 Å². The largest absolute Gasteiger partial charge is 0.309 e. The molecule has 0 spiro atoms. The molecule has 8 nitrogen and oxygen atoms in total. The van der Waals surface area contributed by atoms with Crippen LogP contribution >= 0.6 is 0 Å². The van der Waals surface area contributed by atoms with Crippen molar-refractivity contribution < 1.29 is 0 Å². The molecule has 0 radical (unpaired) electrons. The monoisotopic (exact) mass is 830 g/mol. The fourth-order valence-electron chi connectivity index (χ4n) is 9.57. The lowest BCUT2D eigenvalue weighted by molar-refractivity contribution is 0.926. The molecular weight excluding hydrogens is 785 g/mol. The second-order valence-corrected chi connectivity index (χ2v) is 17.3. The van der Waals surface area contributed by atoms with Crippen LogP contribution in [0.1, 0.15) is 45.6 Å². The topological polar surface area (TPSA) is 87.2 Å². The predicted octanol–water partition coefficient (Wildman–Crippen LogP) is 13.4. The molecule has 0 aliphatic heterocycles. The summed E-state index contributed by atoms with van der Waals surface area (Å²) >= 11 is 0. The molecule has 0 atom stereocenters. The highest BCUT2D eigenvalue weighted by molar-refractivity contribution is 6.11. The lowest BCUT2D eigenvalue weighted by Gasteiger charge is -2.17. The Morgan fingerprint density at radius 3 is 1.25 bits per heavy atom. The molecule has 0 unspecified atom stereocenters. The van der Waals surface area contributed by atoms with Gasteiger partial charge < -0.3 is 9.13 Å². The quantitative estimate of drug-likeness (QED) is 0.166. The summed E-state index contributed by atoms with van der Waals surface area (Å²) in [5.74, 6) is 4.01. The highest BCUT2D eigenvalue weighted by Crippen LogP contribution is 2.41. The average Bonchev–Trinajstić information content (AvgIpc) is 3.76. The first-order valence-corrected chi connectivity index (χ1v) is 21.8. The molecule has 0 amide bonds. The van der Waals surface area contributed by atoms with Crippen molar-refractivity contribution in [3.63, 3.8) is 0 Å². The highest BCUT2D eigenvalue weighted by Gasteiger charge is 2.21. The van der Waals surface area contributed by atoms with Gasteiger partial charge in [-0.05, 0) is 163 Å². The van der Waals surface area contributed by atoms with Crippen molar-refractivity contribution in [2.24, 2.45) is 0 Å². The van der Waals surface area contributed by atoms with Crippen LogP contribution in [0.5, 0.6) is 0 Å². The maximum Gasteiger partial charge on any atom is 0.165 e. The third-order valence-electron chi connectivity index (χ3n) is 12.4.